The molecule has 0 bridgehead atoms. The summed E-state index contributed by atoms with van der Waals surface area (Å²) in [5.74, 6) is 0.513. The van der Waals surface area contributed by atoms with Gasteiger partial charge in [-0.05, 0) is 6.42 Å². The number of aromatic nitrogens is 5. The smallest absolute Gasteiger partial charge is 0.288 e. The minimum absolute atomic E-state index is 0.132. The van der Waals surface area contributed by atoms with Gasteiger partial charge in [0.2, 0.25) is 0 Å². The maximum absolute atomic E-state index is 11.7. The van der Waals surface area contributed by atoms with Crippen molar-refractivity contribution in [2.24, 2.45) is 7.05 Å². The largest absolute Gasteiger partial charge is 0.329 e. The fraction of sp³-hybridized carbons (Fsp3) is 0.444. The molecule has 0 unspecified atom stereocenters. The van der Waals surface area contributed by atoms with E-state index in [0.717, 1.165) is 11.0 Å². The first-order valence-electron chi connectivity index (χ1n) is 4.96. The minimum Gasteiger partial charge on any atom is -0.288 e. The quantitative estimate of drug-likeness (QED) is 0.728. The Kier molecular flexibility index (Phi) is 2.51. The van der Waals surface area contributed by atoms with E-state index < -0.39 is 11.2 Å². The lowest BCUT2D eigenvalue weighted by molar-refractivity contribution is 0.759. The molecule has 16 heavy (non-hydrogen) atoms. The van der Waals surface area contributed by atoms with Crippen molar-refractivity contribution < 1.29 is 0 Å². The average molecular weight is 221 g/mol. The Morgan fingerprint density at radius 3 is 2.75 bits per heavy atom. The molecule has 0 amide bonds. The Labute approximate surface area is 90.2 Å². The summed E-state index contributed by atoms with van der Waals surface area (Å²) in [7, 11) is 1.39. The first-order chi connectivity index (χ1) is 7.63. The van der Waals surface area contributed by atoms with E-state index in [1.165, 1.54) is 7.05 Å². The van der Waals surface area contributed by atoms with E-state index in [9.17, 15) is 9.59 Å². The predicted octanol–water partition coefficient (Wildman–Crippen LogP) is -0.636. The van der Waals surface area contributed by atoms with Crippen LogP contribution in [0, 0.1) is 0 Å². The van der Waals surface area contributed by atoms with Crippen LogP contribution in [0.15, 0.2) is 9.59 Å². The summed E-state index contributed by atoms with van der Waals surface area (Å²) in [6, 6.07) is 0. The van der Waals surface area contributed by atoms with Crippen LogP contribution in [0.3, 0.4) is 0 Å². The van der Waals surface area contributed by atoms with Crippen molar-refractivity contribution in [1.82, 2.24) is 24.7 Å². The van der Waals surface area contributed by atoms with Gasteiger partial charge < -0.3 is 0 Å². The number of hydrogen-bond acceptors (Lipinski definition) is 5. The van der Waals surface area contributed by atoms with Crippen LogP contribution < -0.4 is 11.2 Å². The first-order valence-corrected chi connectivity index (χ1v) is 4.96. The number of rotatable bonds is 2. The van der Waals surface area contributed by atoms with Crippen LogP contribution in [0.4, 0.5) is 0 Å². The van der Waals surface area contributed by atoms with Crippen molar-refractivity contribution in [2.45, 2.75) is 19.8 Å². The summed E-state index contributed by atoms with van der Waals surface area (Å²) in [6.07, 6.45) is 1.53. The lowest BCUT2D eigenvalue weighted by Gasteiger charge is -2.00. The molecule has 1 N–H and O–H groups in total. The zero-order valence-electron chi connectivity index (χ0n) is 9.02. The van der Waals surface area contributed by atoms with Gasteiger partial charge in [-0.2, -0.15) is 0 Å². The van der Waals surface area contributed by atoms with Gasteiger partial charge in [0.1, 0.15) is 0 Å². The van der Waals surface area contributed by atoms with Gasteiger partial charge in [0.25, 0.3) is 5.56 Å². The second-order valence-corrected chi connectivity index (χ2v) is 3.47. The van der Waals surface area contributed by atoms with Crippen LogP contribution in [0.1, 0.15) is 19.2 Å². The molecule has 0 atom stereocenters. The van der Waals surface area contributed by atoms with Gasteiger partial charge in [-0.25, -0.2) is 9.78 Å². The molecule has 0 fully saturated rings. The maximum Gasteiger partial charge on any atom is 0.329 e. The number of aryl methyl sites for hydroxylation is 1. The Morgan fingerprint density at radius 2 is 2.06 bits per heavy atom. The van der Waals surface area contributed by atoms with Crippen molar-refractivity contribution in [3.63, 3.8) is 0 Å². The third-order valence-corrected chi connectivity index (χ3v) is 2.24. The number of hydrogen-bond donors (Lipinski definition) is 1. The Hall–Kier alpha value is -2.05. The molecule has 0 saturated heterocycles. The zero-order chi connectivity index (χ0) is 11.7. The summed E-state index contributed by atoms with van der Waals surface area (Å²) in [5.41, 5.74) is -0.684. The monoisotopic (exact) mass is 221 g/mol. The topological polar surface area (TPSA) is 93.5 Å². The highest BCUT2D eigenvalue weighted by Crippen LogP contribution is 1.98. The SMILES string of the molecule is CCCc1nnc2[nH]c(=O)n(C)c(=O)c2n1. The summed E-state index contributed by atoms with van der Waals surface area (Å²) in [5, 5.41) is 7.61. The number of nitrogens with one attached hydrogen (secondary N) is 1. The molecule has 2 aromatic rings. The van der Waals surface area contributed by atoms with Crippen molar-refractivity contribution in [1.29, 1.82) is 0 Å². The van der Waals surface area contributed by atoms with Crippen molar-refractivity contribution >= 4 is 11.2 Å². The van der Waals surface area contributed by atoms with E-state index in [2.05, 4.69) is 20.2 Å². The van der Waals surface area contributed by atoms with Gasteiger partial charge in [0.15, 0.2) is 17.0 Å². The molecule has 2 aromatic heterocycles. The fourth-order valence-corrected chi connectivity index (χ4v) is 1.36. The van der Waals surface area contributed by atoms with Crippen molar-refractivity contribution in [3.05, 3.63) is 26.7 Å². The zero-order valence-corrected chi connectivity index (χ0v) is 9.02. The van der Waals surface area contributed by atoms with Gasteiger partial charge in [-0.3, -0.25) is 14.3 Å². The number of nitrogens with zero attached hydrogens (tertiary/aromatic N) is 4. The number of aromatic amines is 1. The Balaban J connectivity index is 2.78. The molecule has 2 rings (SSSR count). The third kappa shape index (κ3) is 1.60. The highest BCUT2D eigenvalue weighted by molar-refractivity contribution is 5.66. The minimum atomic E-state index is -0.517. The average Bonchev–Trinajstić information content (AvgIpc) is 2.28. The highest BCUT2D eigenvalue weighted by Gasteiger charge is 2.08. The molecule has 0 aliphatic rings. The number of fused-ring (bicyclic) bond motifs is 1. The molecule has 0 aliphatic heterocycles. The second-order valence-electron chi connectivity index (χ2n) is 3.47. The van der Waals surface area contributed by atoms with E-state index >= 15 is 0 Å². The van der Waals surface area contributed by atoms with E-state index in [0.29, 0.717) is 12.2 Å². The lowest BCUT2D eigenvalue weighted by atomic mass is 10.3. The highest BCUT2D eigenvalue weighted by atomic mass is 16.2. The molecule has 7 heteroatoms. The van der Waals surface area contributed by atoms with E-state index in [-0.39, 0.29) is 11.2 Å². The fourth-order valence-electron chi connectivity index (χ4n) is 1.36. The first kappa shape index (κ1) is 10.5. The Bertz CT molecular complexity index is 642. The van der Waals surface area contributed by atoms with E-state index in [1.807, 2.05) is 6.92 Å². The van der Waals surface area contributed by atoms with Crippen LogP contribution in [0.25, 0.3) is 11.2 Å². The van der Waals surface area contributed by atoms with Crippen LogP contribution in [-0.2, 0) is 13.5 Å². The van der Waals surface area contributed by atoms with Crippen LogP contribution in [0.2, 0.25) is 0 Å². The van der Waals surface area contributed by atoms with Crippen molar-refractivity contribution in [3.8, 4) is 0 Å². The third-order valence-electron chi connectivity index (χ3n) is 2.24. The molecule has 0 aromatic carbocycles. The van der Waals surface area contributed by atoms with E-state index in [4.69, 9.17) is 0 Å². The predicted molar refractivity (Wildman–Crippen MR) is 57.2 cm³/mol. The van der Waals surface area contributed by atoms with Gasteiger partial charge >= 0.3 is 5.69 Å². The normalized spacial score (nSPS) is 10.9. The summed E-state index contributed by atoms with van der Waals surface area (Å²) < 4.78 is 0.965. The molecule has 0 radical (unpaired) electrons. The molecular formula is C9H11N5O2. The molecule has 2 heterocycles. The summed E-state index contributed by atoms with van der Waals surface area (Å²) >= 11 is 0. The Morgan fingerprint density at radius 1 is 1.31 bits per heavy atom. The van der Waals surface area contributed by atoms with Gasteiger partial charge in [-0.1, -0.05) is 6.92 Å². The van der Waals surface area contributed by atoms with Gasteiger partial charge in [0, 0.05) is 13.5 Å². The molecule has 0 aliphatic carbocycles. The van der Waals surface area contributed by atoms with Crippen LogP contribution in [-0.4, -0.2) is 24.7 Å². The maximum atomic E-state index is 11.7. The second kappa shape index (κ2) is 3.84. The molecule has 7 nitrogen and oxygen atoms in total. The molecule has 84 valence electrons. The van der Waals surface area contributed by atoms with E-state index in [1.54, 1.807) is 0 Å². The number of H-pyrrole nitrogens is 1. The summed E-state index contributed by atoms with van der Waals surface area (Å²) in [6.45, 7) is 1.98. The molecule has 0 spiro atoms. The standard InChI is InChI=1S/C9H11N5O2/c1-3-4-5-10-6-7(13-12-5)11-9(16)14(2)8(6)15/h3-4H2,1-2H3,(H,11,13,16). The van der Waals surface area contributed by atoms with Crippen LogP contribution >= 0.6 is 0 Å². The van der Waals surface area contributed by atoms with Crippen molar-refractivity contribution in [2.75, 3.05) is 0 Å². The van der Waals surface area contributed by atoms with Gasteiger partial charge in [-0.15, -0.1) is 10.2 Å². The molecular weight excluding hydrogens is 210 g/mol. The molecule has 0 saturated carbocycles. The summed E-state index contributed by atoms with van der Waals surface area (Å²) in [4.78, 5) is 29.5. The lowest BCUT2D eigenvalue weighted by Crippen LogP contribution is -2.33. The van der Waals surface area contributed by atoms with Crippen LogP contribution in [0.5, 0.6) is 0 Å². The van der Waals surface area contributed by atoms with Gasteiger partial charge in [0.05, 0.1) is 0 Å².